The predicted octanol–water partition coefficient (Wildman–Crippen LogP) is 2.21. The van der Waals surface area contributed by atoms with Crippen LogP contribution in [0, 0.1) is 0 Å². The van der Waals surface area contributed by atoms with Crippen molar-refractivity contribution in [1.82, 2.24) is 14.7 Å². The lowest BCUT2D eigenvalue weighted by Gasteiger charge is -2.21. The molecule has 14 heavy (non-hydrogen) atoms. The van der Waals surface area contributed by atoms with Crippen LogP contribution in [0.2, 0.25) is 0 Å². The molecule has 0 saturated heterocycles. The summed E-state index contributed by atoms with van der Waals surface area (Å²) in [6.45, 7) is 6.46. The smallest absolute Gasteiger partial charge is 0.109 e. The molecule has 1 aliphatic rings. The monoisotopic (exact) mass is 257 g/mol. The van der Waals surface area contributed by atoms with Crippen LogP contribution in [-0.4, -0.2) is 28.3 Å². The molecule has 1 aliphatic heterocycles. The first-order chi connectivity index (χ1) is 6.59. The molecule has 4 heteroatoms. The van der Waals surface area contributed by atoms with Crippen molar-refractivity contribution in [2.45, 2.75) is 32.9 Å². The van der Waals surface area contributed by atoms with E-state index in [2.05, 4.69) is 51.5 Å². The topological polar surface area (TPSA) is 21.1 Å². The molecule has 0 spiro atoms. The third-order valence-corrected chi connectivity index (χ3v) is 3.52. The molecule has 0 aliphatic carbocycles. The highest BCUT2D eigenvalue weighted by Crippen LogP contribution is 2.27. The Bertz CT molecular complexity index is 343. The average molecular weight is 258 g/mol. The number of nitrogens with zero attached hydrogens (tertiary/aromatic N) is 3. The third kappa shape index (κ3) is 1.61. The van der Waals surface area contributed by atoms with E-state index < -0.39 is 0 Å². The van der Waals surface area contributed by atoms with Crippen LogP contribution in [0.3, 0.4) is 0 Å². The Morgan fingerprint density at radius 1 is 1.43 bits per heavy atom. The van der Waals surface area contributed by atoms with Gasteiger partial charge in [-0.15, -0.1) is 0 Å². The summed E-state index contributed by atoms with van der Waals surface area (Å²) in [6.07, 6.45) is 1.07. The van der Waals surface area contributed by atoms with E-state index in [1.165, 1.54) is 11.3 Å². The summed E-state index contributed by atoms with van der Waals surface area (Å²) in [5.41, 5.74) is 2.64. The third-order valence-electron chi connectivity index (χ3n) is 2.67. The summed E-state index contributed by atoms with van der Waals surface area (Å²) in [5.74, 6) is 0. The average Bonchev–Trinajstić information content (AvgIpc) is 2.44. The van der Waals surface area contributed by atoms with Gasteiger partial charge in [-0.2, -0.15) is 5.10 Å². The van der Waals surface area contributed by atoms with Gasteiger partial charge in [0.05, 0.1) is 5.69 Å². The van der Waals surface area contributed by atoms with Crippen LogP contribution in [0.1, 0.15) is 31.1 Å². The van der Waals surface area contributed by atoms with Gasteiger partial charge in [0.25, 0.3) is 0 Å². The van der Waals surface area contributed by atoms with Crippen molar-refractivity contribution in [3.05, 3.63) is 15.9 Å². The summed E-state index contributed by atoms with van der Waals surface area (Å²) < 4.78 is 3.23. The maximum atomic E-state index is 4.63. The number of aromatic nitrogens is 2. The second kappa shape index (κ2) is 3.66. The molecule has 0 radical (unpaired) electrons. The molecule has 0 bridgehead atoms. The largest absolute Gasteiger partial charge is 0.302 e. The first kappa shape index (κ1) is 10.2. The first-order valence-corrected chi connectivity index (χ1v) is 5.83. The van der Waals surface area contributed by atoms with Crippen LogP contribution in [0.25, 0.3) is 0 Å². The summed E-state index contributed by atoms with van der Waals surface area (Å²) >= 11 is 3.64. The van der Waals surface area contributed by atoms with Gasteiger partial charge in [0.2, 0.25) is 0 Å². The van der Waals surface area contributed by atoms with E-state index in [-0.39, 0.29) is 0 Å². The lowest BCUT2D eigenvalue weighted by molar-refractivity contribution is 0.311. The molecule has 1 aromatic heterocycles. The normalized spacial score (nSPS) is 17.5. The fourth-order valence-corrected chi connectivity index (χ4v) is 2.68. The molecule has 3 nitrogen and oxygen atoms in total. The predicted molar refractivity (Wildman–Crippen MR) is 60.4 cm³/mol. The zero-order valence-electron chi connectivity index (χ0n) is 8.92. The Morgan fingerprint density at radius 3 is 2.79 bits per heavy atom. The maximum Gasteiger partial charge on any atom is 0.109 e. The Hall–Kier alpha value is -0.350. The van der Waals surface area contributed by atoms with Gasteiger partial charge < -0.3 is 4.90 Å². The summed E-state index contributed by atoms with van der Waals surface area (Å²) in [7, 11) is 2.15. The Kier molecular flexibility index (Phi) is 2.66. The van der Waals surface area contributed by atoms with Gasteiger partial charge in [0.15, 0.2) is 0 Å². The lowest BCUT2D eigenvalue weighted by atomic mass is 10.1. The molecule has 2 heterocycles. The number of fused-ring (bicyclic) bond motifs is 1. The SMILES string of the molecule is CC(C)n1nc2c(c1Br)CN(C)CC2. The fraction of sp³-hybridized carbons (Fsp3) is 0.700. The van der Waals surface area contributed by atoms with Gasteiger partial charge in [0.1, 0.15) is 4.60 Å². The van der Waals surface area contributed by atoms with E-state index >= 15 is 0 Å². The molecule has 0 unspecified atom stereocenters. The lowest BCUT2D eigenvalue weighted by Crippen LogP contribution is -2.26. The van der Waals surface area contributed by atoms with E-state index in [9.17, 15) is 0 Å². The van der Waals surface area contributed by atoms with Gasteiger partial charge in [-0.25, -0.2) is 0 Å². The number of hydrogen-bond donors (Lipinski definition) is 0. The zero-order chi connectivity index (χ0) is 10.3. The molecule has 1 aromatic rings. The molecule has 0 saturated carbocycles. The van der Waals surface area contributed by atoms with Gasteiger partial charge in [-0.05, 0) is 36.8 Å². The number of halogens is 1. The van der Waals surface area contributed by atoms with Crippen molar-refractivity contribution in [2.24, 2.45) is 0 Å². The molecular weight excluding hydrogens is 242 g/mol. The summed E-state index contributed by atoms with van der Waals surface area (Å²) in [5, 5.41) is 4.63. The highest BCUT2D eigenvalue weighted by Gasteiger charge is 2.22. The molecular formula is C10H16BrN3. The van der Waals surface area contributed by atoms with Gasteiger partial charge in [-0.1, -0.05) is 0 Å². The van der Waals surface area contributed by atoms with Crippen LogP contribution in [0.15, 0.2) is 4.60 Å². The van der Waals surface area contributed by atoms with Crippen LogP contribution in [0.4, 0.5) is 0 Å². The minimum absolute atomic E-state index is 0.431. The van der Waals surface area contributed by atoms with Crippen molar-refractivity contribution in [2.75, 3.05) is 13.6 Å². The van der Waals surface area contributed by atoms with Crippen LogP contribution < -0.4 is 0 Å². The zero-order valence-corrected chi connectivity index (χ0v) is 10.5. The van der Waals surface area contributed by atoms with Crippen molar-refractivity contribution in [3.63, 3.8) is 0 Å². The second-order valence-corrected chi connectivity index (χ2v) is 4.99. The Morgan fingerprint density at radius 2 is 2.14 bits per heavy atom. The molecule has 0 atom stereocenters. The van der Waals surface area contributed by atoms with Crippen molar-refractivity contribution in [3.8, 4) is 0 Å². The molecule has 2 rings (SSSR count). The van der Waals surface area contributed by atoms with Gasteiger partial charge in [0, 0.05) is 31.1 Å². The maximum absolute atomic E-state index is 4.63. The van der Waals surface area contributed by atoms with E-state index in [0.29, 0.717) is 6.04 Å². The first-order valence-electron chi connectivity index (χ1n) is 5.04. The molecule has 0 N–H and O–H groups in total. The second-order valence-electron chi connectivity index (χ2n) is 4.24. The van der Waals surface area contributed by atoms with Crippen molar-refractivity contribution < 1.29 is 0 Å². The highest BCUT2D eigenvalue weighted by molar-refractivity contribution is 9.10. The number of hydrogen-bond acceptors (Lipinski definition) is 2. The van der Waals surface area contributed by atoms with E-state index in [0.717, 1.165) is 24.1 Å². The summed E-state index contributed by atoms with van der Waals surface area (Å²) in [4.78, 5) is 2.33. The fourth-order valence-electron chi connectivity index (χ4n) is 1.84. The Balaban J connectivity index is 2.41. The minimum atomic E-state index is 0.431. The van der Waals surface area contributed by atoms with E-state index in [1.54, 1.807) is 0 Å². The van der Waals surface area contributed by atoms with Crippen LogP contribution in [0.5, 0.6) is 0 Å². The Labute approximate surface area is 93.2 Å². The minimum Gasteiger partial charge on any atom is -0.302 e. The number of rotatable bonds is 1. The highest BCUT2D eigenvalue weighted by atomic mass is 79.9. The van der Waals surface area contributed by atoms with Crippen molar-refractivity contribution >= 4 is 15.9 Å². The molecule has 0 amide bonds. The van der Waals surface area contributed by atoms with Crippen molar-refractivity contribution in [1.29, 1.82) is 0 Å². The number of likely N-dealkylation sites (N-methyl/N-ethyl adjacent to an activating group) is 1. The van der Waals surface area contributed by atoms with Gasteiger partial charge in [-0.3, -0.25) is 4.68 Å². The van der Waals surface area contributed by atoms with E-state index in [1.807, 2.05) is 0 Å². The quantitative estimate of drug-likeness (QED) is 0.770. The van der Waals surface area contributed by atoms with Crippen LogP contribution >= 0.6 is 15.9 Å². The van der Waals surface area contributed by atoms with Gasteiger partial charge >= 0.3 is 0 Å². The molecule has 78 valence electrons. The summed E-state index contributed by atoms with van der Waals surface area (Å²) in [6, 6.07) is 0.431. The van der Waals surface area contributed by atoms with Crippen LogP contribution in [-0.2, 0) is 13.0 Å². The van der Waals surface area contributed by atoms with E-state index in [4.69, 9.17) is 0 Å². The molecule has 0 aromatic carbocycles. The standard InChI is InChI=1S/C10H16BrN3/c1-7(2)14-10(11)8-6-13(3)5-4-9(8)12-14/h7H,4-6H2,1-3H3. The molecule has 0 fully saturated rings.